The van der Waals surface area contributed by atoms with Crippen LogP contribution in [0.4, 0.5) is 0 Å². The number of aromatic nitrogens is 3. The van der Waals surface area contributed by atoms with Crippen LogP contribution in [0.15, 0.2) is 178 Å². The van der Waals surface area contributed by atoms with Gasteiger partial charge in [0.05, 0.1) is 46.8 Å². The van der Waals surface area contributed by atoms with Gasteiger partial charge in [0.25, 0.3) is 5.56 Å². The van der Waals surface area contributed by atoms with Crippen LogP contribution in [0.2, 0.25) is 5.02 Å². The standard InChI is InChI=1S/C50H36ClN3O11/c1-60-36-24-22-30(23-25-36)38-28-37(39-21-12-26-61-39)41-44(52-38)54(50(59)53(45(41)55)35-20-11-19-34(51)27-35)46-43(65-49(58)33-17-9-4-10-18-33)42(64-48(57)32-15-7-3-8-16-32)40(63-46)29-62-47(56)31-13-5-2-6-14-31/h2-28,40,42-43,46H,29H2,1H3/t40-,42-,43-,46-/m1/s1. The van der Waals surface area contributed by atoms with Crippen LogP contribution in [0.1, 0.15) is 37.3 Å². The lowest BCUT2D eigenvalue weighted by Gasteiger charge is -2.26. The molecule has 0 N–H and O–H groups in total. The first kappa shape index (κ1) is 42.2. The van der Waals surface area contributed by atoms with E-state index in [2.05, 4.69) is 0 Å². The second-order valence-electron chi connectivity index (χ2n) is 14.7. The number of nitrogens with zero attached hydrogens (tertiary/aromatic N) is 3. The number of carbonyl (C=O) groups excluding carboxylic acids is 3. The molecule has 5 aromatic carbocycles. The van der Waals surface area contributed by atoms with E-state index < -0.39 is 60.3 Å². The quantitative estimate of drug-likeness (QED) is 0.0851. The lowest BCUT2D eigenvalue weighted by Crippen LogP contribution is -2.45. The molecule has 65 heavy (non-hydrogen) atoms. The Bertz CT molecular complexity index is 3140. The average molecular weight is 890 g/mol. The van der Waals surface area contributed by atoms with Crippen molar-refractivity contribution in [3.8, 4) is 34.0 Å². The van der Waals surface area contributed by atoms with Gasteiger partial charge < -0.3 is 28.1 Å². The van der Waals surface area contributed by atoms with E-state index in [0.717, 1.165) is 9.13 Å². The molecule has 0 saturated carbocycles. The number of esters is 3. The lowest BCUT2D eigenvalue weighted by atomic mass is 10.0. The van der Waals surface area contributed by atoms with Crippen LogP contribution >= 0.6 is 11.6 Å². The highest BCUT2D eigenvalue weighted by Gasteiger charge is 2.52. The van der Waals surface area contributed by atoms with Crippen molar-refractivity contribution >= 4 is 40.5 Å². The minimum absolute atomic E-state index is 0.0870. The third-order valence-electron chi connectivity index (χ3n) is 10.7. The molecular formula is C50H36ClN3O11. The smallest absolute Gasteiger partial charge is 0.339 e. The molecule has 1 fully saturated rings. The summed E-state index contributed by atoms with van der Waals surface area (Å²) in [5.41, 5.74) is -0.290. The van der Waals surface area contributed by atoms with Crippen molar-refractivity contribution in [3.05, 3.63) is 207 Å². The van der Waals surface area contributed by atoms with E-state index >= 15 is 9.59 Å². The molecule has 1 aliphatic rings. The van der Waals surface area contributed by atoms with E-state index in [1.54, 1.807) is 121 Å². The number of carbonyl (C=O) groups is 3. The molecule has 4 atom stereocenters. The maximum atomic E-state index is 15.4. The number of fused-ring (bicyclic) bond motifs is 1. The number of hydrogen-bond acceptors (Lipinski definition) is 12. The first-order chi connectivity index (χ1) is 31.7. The Kier molecular flexibility index (Phi) is 11.9. The fourth-order valence-corrected chi connectivity index (χ4v) is 7.77. The number of halogens is 1. The topological polar surface area (TPSA) is 167 Å². The van der Waals surface area contributed by atoms with Crippen molar-refractivity contribution < 1.29 is 42.5 Å². The fraction of sp³-hybridized carbons (Fsp3) is 0.120. The van der Waals surface area contributed by atoms with Crippen LogP contribution in [0, 0.1) is 0 Å². The van der Waals surface area contributed by atoms with Crippen LogP contribution < -0.4 is 16.0 Å². The van der Waals surface area contributed by atoms with E-state index in [1.807, 2.05) is 0 Å². The predicted molar refractivity (Wildman–Crippen MR) is 238 cm³/mol. The second kappa shape index (κ2) is 18.3. The van der Waals surface area contributed by atoms with Gasteiger partial charge in [0.2, 0.25) is 0 Å². The zero-order valence-corrected chi connectivity index (χ0v) is 35.1. The van der Waals surface area contributed by atoms with E-state index in [4.69, 9.17) is 44.7 Å². The Morgan fingerprint density at radius 1 is 0.692 bits per heavy atom. The summed E-state index contributed by atoms with van der Waals surface area (Å²) in [6.07, 6.45) is -4.84. The van der Waals surface area contributed by atoms with Gasteiger partial charge in [-0.1, -0.05) is 72.3 Å². The summed E-state index contributed by atoms with van der Waals surface area (Å²) in [6, 6.07) is 42.3. The van der Waals surface area contributed by atoms with Crippen LogP contribution in [0.3, 0.4) is 0 Å². The van der Waals surface area contributed by atoms with Crippen molar-refractivity contribution in [3.63, 3.8) is 0 Å². The average Bonchev–Trinajstić information content (AvgIpc) is 4.00. The second-order valence-corrected chi connectivity index (χ2v) is 15.2. The summed E-state index contributed by atoms with van der Waals surface area (Å²) in [5, 5.41) is 0.130. The summed E-state index contributed by atoms with van der Waals surface area (Å²) in [5.74, 6) is -1.60. The number of furan rings is 1. The Hall–Kier alpha value is -8.07. The van der Waals surface area contributed by atoms with Crippen LogP contribution in [-0.4, -0.2) is 64.1 Å². The molecule has 8 aromatic rings. The van der Waals surface area contributed by atoms with Gasteiger partial charge in [-0.05, 0) is 97.1 Å². The molecule has 9 rings (SSSR count). The number of ether oxygens (including phenoxy) is 5. The van der Waals surface area contributed by atoms with Crippen molar-refractivity contribution in [2.45, 2.75) is 24.5 Å². The van der Waals surface area contributed by atoms with Crippen LogP contribution in [-0.2, 0) is 18.9 Å². The van der Waals surface area contributed by atoms with Gasteiger partial charge in [-0.25, -0.2) is 33.3 Å². The van der Waals surface area contributed by atoms with Crippen LogP contribution in [0.5, 0.6) is 5.75 Å². The molecule has 14 nitrogen and oxygen atoms in total. The molecule has 324 valence electrons. The van der Waals surface area contributed by atoms with Crippen molar-refractivity contribution in [2.75, 3.05) is 13.7 Å². The van der Waals surface area contributed by atoms with Gasteiger partial charge in [-0.15, -0.1) is 0 Å². The SMILES string of the molecule is COc1ccc(-c2cc(-c3ccco3)c3c(=O)n(-c4cccc(Cl)c4)c(=O)n([C@@H]4O[C@H](COC(=O)c5ccccc5)[C@@H](OC(=O)c5ccccc5)[C@H]4OC(=O)c4ccccc4)c3n2)cc1. The zero-order chi connectivity index (χ0) is 45.0. The molecule has 0 unspecified atom stereocenters. The third-order valence-corrected chi connectivity index (χ3v) is 11.0. The molecule has 3 aromatic heterocycles. The summed E-state index contributed by atoms with van der Waals surface area (Å²) < 4.78 is 38.1. The highest BCUT2D eigenvalue weighted by Crippen LogP contribution is 2.38. The number of methoxy groups -OCH3 is 1. The summed E-state index contributed by atoms with van der Waals surface area (Å²) in [4.78, 5) is 77.0. The highest BCUT2D eigenvalue weighted by atomic mass is 35.5. The van der Waals surface area contributed by atoms with Crippen molar-refractivity contribution in [1.82, 2.24) is 14.1 Å². The molecule has 15 heteroatoms. The summed E-state index contributed by atoms with van der Waals surface area (Å²) in [6.45, 7) is -0.543. The van der Waals surface area contributed by atoms with E-state index in [0.29, 0.717) is 17.0 Å². The molecule has 0 spiro atoms. The third kappa shape index (κ3) is 8.55. The van der Waals surface area contributed by atoms with Crippen molar-refractivity contribution in [2.24, 2.45) is 0 Å². The molecule has 0 radical (unpaired) electrons. The number of pyridine rings is 1. The van der Waals surface area contributed by atoms with E-state index in [-0.39, 0.29) is 49.8 Å². The monoisotopic (exact) mass is 889 g/mol. The maximum absolute atomic E-state index is 15.4. The van der Waals surface area contributed by atoms with Gasteiger partial charge in [-0.2, -0.15) is 0 Å². The van der Waals surface area contributed by atoms with Gasteiger partial charge in [-0.3, -0.25) is 4.79 Å². The largest absolute Gasteiger partial charge is 0.497 e. The molecule has 0 bridgehead atoms. The Labute approximate surface area is 374 Å². The summed E-state index contributed by atoms with van der Waals surface area (Å²) >= 11 is 6.46. The lowest BCUT2D eigenvalue weighted by molar-refractivity contribution is -0.0625. The van der Waals surface area contributed by atoms with E-state index in [1.165, 1.54) is 49.8 Å². The predicted octanol–water partition coefficient (Wildman–Crippen LogP) is 8.34. The van der Waals surface area contributed by atoms with Gasteiger partial charge >= 0.3 is 23.6 Å². The van der Waals surface area contributed by atoms with Gasteiger partial charge in [0, 0.05) is 16.1 Å². The van der Waals surface area contributed by atoms with Gasteiger partial charge in [0.15, 0.2) is 24.1 Å². The van der Waals surface area contributed by atoms with E-state index in [9.17, 15) is 14.4 Å². The minimum Gasteiger partial charge on any atom is -0.497 e. The molecule has 0 amide bonds. The number of benzene rings is 5. The first-order valence-electron chi connectivity index (χ1n) is 20.2. The maximum Gasteiger partial charge on any atom is 0.339 e. The molecular weight excluding hydrogens is 854 g/mol. The van der Waals surface area contributed by atoms with Crippen molar-refractivity contribution in [1.29, 1.82) is 0 Å². The Morgan fingerprint density at radius 3 is 1.89 bits per heavy atom. The normalized spacial score (nSPS) is 16.8. The highest BCUT2D eigenvalue weighted by molar-refractivity contribution is 6.30. The Morgan fingerprint density at radius 2 is 1.31 bits per heavy atom. The first-order valence-corrected chi connectivity index (χ1v) is 20.6. The minimum atomic E-state index is -1.71. The Balaban J connectivity index is 1.30. The number of rotatable bonds is 12. The molecule has 1 saturated heterocycles. The molecule has 0 aliphatic carbocycles. The van der Waals surface area contributed by atoms with Gasteiger partial charge in [0.1, 0.15) is 24.2 Å². The fourth-order valence-electron chi connectivity index (χ4n) is 7.59. The van der Waals surface area contributed by atoms with Crippen LogP contribution in [0.25, 0.3) is 39.3 Å². The number of hydrogen-bond donors (Lipinski definition) is 0. The molecule has 1 aliphatic heterocycles. The zero-order valence-electron chi connectivity index (χ0n) is 34.3. The summed E-state index contributed by atoms with van der Waals surface area (Å²) in [7, 11) is 1.53. The molecule has 4 heterocycles.